The highest BCUT2D eigenvalue weighted by Gasteiger charge is 2.15. The van der Waals surface area contributed by atoms with Crippen molar-refractivity contribution in [2.75, 3.05) is 10.6 Å². The van der Waals surface area contributed by atoms with E-state index >= 15 is 0 Å². The fraction of sp³-hybridized carbons (Fsp3) is 0.263. The van der Waals surface area contributed by atoms with Crippen LogP contribution in [0.15, 0.2) is 42.5 Å². The molecule has 0 bridgehead atoms. The Morgan fingerprint density at radius 2 is 1.54 bits per heavy atom. The Morgan fingerprint density at radius 3 is 2.12 bits per heavy atom. The number of amides is 2. The van der Waals surface area contributed by atoms with Crippen molar-refractivity contribution >= 4 is 23.2 Å². The first-order chi connectivity index (χ1) is 11.3. The Kier molecular flexibility index (Phi) is 5.58. The van der Waals surface area contributed by atoms with Gasteiger partial charge in [0.15, 0.2) is 6.10 Å². The molecule has 2 amide bonds. The minimum atomic E-state index is -0.643. The molecule has 0 aliphatic heterocycles. The van der Waals surface area contributed by atoms with Gasteiger partial charge in [0.1, 0.15) is 5.75 Å². The average molecular weight is 326 g/mol. The zero-order valence-corrected chi connectivity index (χ0v) is 14.3. The van der Waals surface area contributed by atoms with Crippen LogP contribution in [0.4, 0.5) is 11.4 Å². The summed E-state index contributed by atoms with van der Waals surface area (Å²) < 4.78 is 5.72. The largest absolute Gasteiger partial charge is 0.481 e. The lowest BCUT2D eigenvalue weighted by Gasteiger charge is -2.16. The van der Waals surface area contributed by atoms with Crippen LogP contribution in [0.2, 0.25) is 0 Å². The molecule has 24 heavy (non-hydrogen) atoms. The van der Waals surface area contributed by atoms with Gasteiger partial charge in [0.2, 0.25) is 5.91 Å². The van der Waals surface area contributed by atoms with Crippen molar-refractivity contribution in [3.8, 4) is 5.75 Å². The van der Waals surface area contributed by atoms with Crippen LogP contribution in [0.1, 0.15) is 25.0 Å². The number of carbonyl (C=O) groups is 2. The van der Waals surface area contributed by atoms with Gasteiger partial charge in [-0.05, 0) is 62.2 Å². The fourth-order valence-corrected chi connectivity index (χ4v) is 2.38. The SMILES string of the molecule is CC(=O)Nc1cccc(NC(=O)[C@@H](C)Oc2cc(C)cc(C)c2)c1. The Morgan fingerprint density at radius 1 is 0.958 bits per heavy atom. The van der Waals surface area contributed by atoms with Gasteiger partial charge in [-0.1, -0.05) is 12.1 Å². The van der Waals surface area contributed by atoms with Crippen molar-refractivity contribution in [2.24, 2.45) is 0 Å². The predicted octanol–water partition coefficient (Wildman–Crippen LogP) is 3.67. The van der Waals surface area contributed by atoms with Crippen molar-refractivity contribution < 1.29 is 14.3 Å². The first kappa shape index (κ1) is 17.5. The van der Waals surface area contributed by atoms with E-state index in [1.54, 1.807) is 31.2 Å². The summed E-state index contributed by atoms with van der Waals surface area (Å²) in [7, 11) is 0. The molecule has 5 heteroatoms. The van der Waals surface area contributed by atoms with Gasteiger partial charge in [0.05, 0.1) is 0 Å². The maximum atomic E-state index is 12.3. The number of hydrogen-bond acceptors (Lipinski definition) is 3. The van der Waals surface area contributed by atoms with E-state index < -0.39 is 6.10 Å². The molecule has 0 aliphatic rings. The molecule has 2 aromatic carbocycles. The number of nitrogens with one attached hydrogen (secondary N) is 2. The molecule has 126 valence electrons. The van der Waals surface area contributed by atoms with E-state index in [1.807, 2.05) is 32.0 Å². The van der Waals surface area contributed by atoms with Crippen molar-refractivity contribution in [3.05, 3.63) is 53.6 Å². The summed E-state index contributed by atoms with van der Waals surface area (Å²) in [6.45, 7) is 7.10. The lowest BCUT2D eigenvalue weighted by atomic mass is 10.1. The van der Waals surface area contributed by atoms with Crippen molar-refractivity contribution in [3.63, 3.8) is 0 Å². The maximum absolute atomic E-state index is 12.3. The third-order valence-electron chi connectivity index (χ3n) is 3.33. The monoisotopic (exact) mass is 326 g/mol. The van der Waals surface area contributed by atoms with E-state index in [2.05, 4.69) is 10.6 Å². The number of anilines is 2. The quantitative estimate of drug-likeness (QED) is 0.881. The highest BCUT2D eigenvalue weighted by atomic mass is 16.5. The van der Waals surface area contributed by atoms with Gasteiger partial charge in [0.25, 0.3) is 5.91 Å². The summed E-state index contributed by atoms with van der Waals surface area (Å²) in [4.78, 5) is 23.4. The van der Waals surface area contributed by atoms with E-state index in [0.29, 0.717) is 17.1 Å². The highest BCUT2D eigenvalue weighted by Crippen LogP contribution is 2.19. The van der Waals surface area contributed by atoms with Crippen LogP contribution < -0.4 is 15.4 Å². The second-order valence-corrected chi connectivity index (χ2v) is 5.83. The number of rotatable bonds is 5. The first-order valence-electron chi connectivity index (χ1n) is 7.77. The second kappa shape index (κ2) is 7.64. The van der Waals surface area contributed by atoms with Crippen molar-refractivity contribution in [1.82, 2.24) is 0 Å². The van der Waals surface area contributed by atoms with Gasteiger partial charge >= 0.3 is 0 Å². The zero-order valence-electron chi connectivity index (χ0n) is 14.3. The van der Waals surface area contributed by atoms with E-state index in [0.717, 1.165) is 11.1 Å². The van der Waals surface area contributed by atoms with Crippen LogP contribution in [-0.2, 0) is 9.59 Å². The highest BCUT2D eigenvalue weighted by molar-refractivity contribution is 5.95. The third kappa shape index (κ3) is 5.12. The third-order valence-corrected chi connectivity index (χ3v) is 3.33. The van der Waals surface area contributed by atoms with E-state index in [1.165, 1.54) is 6.92 Å². The molecule has 0 heterocycles. The number of benzene rings is 2. The second-order valence-electron chi connectivity index (χ2n) is 5.83. The molecule has 2 rings (SSSR count). The van der Waals surface area contributed by atoms with Crippen LogP contribution in [-0.4, -0.2) is 17.9 Å². The minimum Gasteiger partial charge on any atom is -0.481 e. The molecule has 0 aliphatic carbocycles. The fourth-order valence-electron chi connectivity index (χ4n) is 2.38. The molecular weight excluding hydrogens is 304 g/mol. The molecule has 0 aromatic heterocycles. The zero-order chi connectivity index (χ0) is 17.7. The normalized spacial score (nSPS) is 11.5. The molecule has 0 fully saturated rings. The molecule has 5 nitrogen and oxygen atoms in total. The molecule has 0 saturated carbocycles. The van der Waals surface area contributed by atoms with Gasteiger partial charge in [0, 0.05) is 18.3 Å². The Hall–Kier alpha value is -2.82. The number of hydrogen-bond donors (Lipinski definition) is 2. The Bertz CT molecular complexity index is 736. The molecule has 0 unspecified atom stereocenters. The summed E-state index contributed by atoms with van der Waals surface area (Å²) in [6.07, 6.45) is -0.643. The van der Waals surface area contributed by atoms with Crippen LogP contribution in [0.5, 0.6) is 5.75 Å². The smallest absolute Gasteiger partial charge is 0.265 e. The summed E-state index contributed by atoms with van der Waals surface area (Å²) in [6, 6.07) is 12.8. The molecule has 0 saturated heterocycles. The van der Waals surface area contributed by atoms with Gasteiger partial charge < -0.3 is 15.4 Å². The molecule has 0 spiro atoms. The lowest BCUT2D eigenvalue weighted by Crippen LogP contribution is -2.30. The standard InChI is InChI=1S/C19H22N2O3/c1-12-8-13(2)10-18(9-12)24-14(3)19(23)21-17-7-5-6-16(11-17)20-15(4)22/h5-11,14H,1-4H3,(H,20,22)(H,21,23)/t14-/m1/s1. The topological polar surface area (TPSA) is 67.4 Å². The van der Waals surface area contributed by atoms with Crippen LogP contribution in [0.3, 0.4) is 0 Å². The van der Waals surface area contributed by atoms with Crippen molar-refractivity contribution in [2.45, 2.75) is 33.8 Å². The summed E-state index contributed by atoms with van der Waals surface area (Å²) >= 11 is 0. The molecule has 2 N–H and O–H groups in total. The molecule has 0 radical (unpaired) electrons. The van der Waals surface area contributed by atoms with Gasteiger partial charge in [-0.25, -0.2) is 0 Å². The first-order valence-corrected chi connectivity index (χ1v) is 7.77. The number of carbonyl (C=O) groups excluding carboxylic acids is 2. The van der Waals surface area contributed by atoms with Crippen LogP contribution in [0.25, 0.3) is 0 Å². The van der Waals surface area contributed by atoms with Gasteiger partial charge in [-0.2, -0.15) is 0 Å². The molecular formula is C19H22N2O3. The minimum absolute atomic E-state index is 0.162. The molecule has 2 aromatic rings. The van der Waals surface area contributed by atoms with E-state index in [4.69, 9.17) is 4.74 Å². The Balaban J connectivity index is 2.02. The molecule has 1 atom stereocenters. The van der Waals surface area contributed by atoms with Crippen molar-refractivity contribution in [1.29, 1.82) is 0 Å². The van der Waals surface area contributed by atoms with E-state index in [-0.39, 0.29) is 11.8 Å². The summed E-state index contributed by atoms with van der Waals surface area (Å²) in [5.74, 6) is 0.251. The van der Waals surface area contributed by atoms with Gasteiger partial charge in [-0.15, -0.1) is 0 Å². The number of ether oxygens (including phenoxy) is 1. The lowest BCUT2D eigenvalue weighted by molar-refractivity contribution is -0.122. The van der Waals surface area contributed by atoms with Crippen LogP contribution >= 0.6 is 0 Å². The number of aryl methyl sites for hydroxylation is 2. The summed E-state index contributed by atoms with van der Waals surface area (Å²) in [5.41, 5.74) is 3.39. The van der Waals surface area contributed by atoms with Gasteiger partial charge in [-0.3, -0.25) is 9.59 Å². The van der Waals surface area contributed by atoms with E-state index in [9.17, 15) is 9.59 Å². The predicted molar refractivity (Wildman–Crippen MR) is 95.4 cm³/mol. The van der Waals surface area contributed by atoms with Crippen LogP contribution in [0, 0.1) is 13.8 Å². The average Bonchev–Trinajstić information content (AvgIpc) is 2.45. The summed E-state index contributed by atoms with van der Waals surface area (Å²) in [5, 5.41) is 5.47. The maximum Gasteiger partial charge on any atom is 0.265 e. The Labute approximate surface area is 142 Å².